The summed E-state index contributed by atoms with van der Waals surface area (Å²) < 4.78 is 27.4. The lowest BCUT2D eigenvalue weighted by atomic mass is 10.3. The Balaban J connectivity index is 2.47. The molecule has 1 heterocycles. The van der Waals surface area contributed by atoms with Gasteiger partial charge in [-0.1, -0.05) is 18.5 Å². The first-order valence-electron chi connectivity index (χ1n) is 6.24. The van der Waals surface area contributed by atoms with Crippen molar-refractivity contribution >= 4 is 43.1 Å². The monoisotopic (exact) mass is 391 g/mol. The van der Waals surface area contributed by atoms with E-state index in [4.69, 9.17) is 17.3 Å². The molecule has 2 N–H and O–H groups in total. The molecule has 0 bridgehead atoms. The summed E-state index contributed by atoms with van der Waals surface area (Å²) in [6.07, 6.45) is 0.716. The van der Waals surface area contributed by atoms with Crippen LogP contribution in [0.5, 0.6) is 0 Å². The molecule has 2 rings (SSSR count). The molecule has 1 aromatic carbocycles. The molecule has 0 saturated carbocycles. The smallest absolute Gasteiger partial charge is 0.186 e. The van der Waals surface area contributed by atoms with E-state index >= 15 is 0 Å². The number of hydrogen-bond acceptors (Lipinski definition) is 4. The van der Waals surface area contributed by atoms with Gasteiger partial charge in [0.1, 0.15) is 0 Å². The second kappa shape index (κ2) is 5.98. The van der Waals surface area contributed by atoms with Crippen LogP contribution in [0.2, 0.25) is 5.02 Å². The van der Waals surface area contributed by atoms with Crippen LogP contribution in [0.4, 0.5) is 5.69 Å². The van der Waals surface area contributed by atoms with Gasteiger partial charge in [-0.25, -0.2) is 8.42 Å². The van der Waals surface area contributed by atoms with Gasteiger partial charge in [-0.05, 0) is 40.5 Å². The SMILES string of the molecule is CCc1nn(C)c(CS(=O)(=O)c2cc(Cl)ccc2N)c1Br. The molecular formula is C13H15BrClN3O2S. The molecule has 0 amide bonds. The van der Waals surface area contributed by atoms with Gasteiger partial charge < -0.3 is 5.73 Å². The quantitative estimate of drug-likeness (QED) is 0.811. The lowest BCUT2D eigenvalue weighted by Gasteiger charge is -2.09. The molecule has 0 unspecified atom stereocenters. The van der Waals surface area contributed by atoms with Crippen LogP contribution in [0.1, 0.15) is 18.3 Å². The van der Waals surface area contributed by atoms with Gasteiger partial charge in [0.2, 0.25) is 0 Å². The largest absolute Gasteiger partial charge is 0.398 e. The minimum Gasteiger partial charge on any atom is -0.398 e. The third-order valence-electron chi connectivity index (χ3n) is 3.14. The lowest BCUT2D eigenvalue weighted by molar-refractivity contribution is 0.592. The summed E-state index contributed by atoms with van der Waals surface area (Å²) in [7, 11) is -1.89. The van der Waals surface area contributed by atoms with Crippen LogP contribution in [0, 0.1) is 0 Å². The van der Waals surface area contributed by atoms with Crippen molar-refractivity contribution in [2.24, 2.45) is 7.05 Å². The summed E-state index contributed by atoms with van der Waals surface area (Å²) in [5, 5.41) is 4.63. The number of hydrogen-bond donors (Lipinski definition) is 1. The molecule has 0 atom stereocenters. The van der Waals surface area contributed by atoms with Crippen molar-refractivity contribution < 1.29 is 8.42 Å². The van der Waals surface area contributed by atoms with Crippen molar-refractivity contribution in [2.45, 2.75) is 24.0 Å². The van der Waals surface area contributed by atoms with E-state index in [0.29, 0.717) is 17.1 Å². The first-order chi connectivity index (χ1) is 9.76. The molecule has 0 fully saturated rings. The fraction of sp³-hybridized carbons (Fsp3) is 0.308. The Hall–Kier alpha value is -1.05. The number of anilines is 1. The van der Waals surface area contributed by atoms with Crippen LogP contribution in [0.3, 0.4) is 0 Å². The first-order valence-corrected chi connectivity index (χ1v) is 9.06. The molecule has 8 heteroatoms. The maximum atomic E-state index is 12.6. The zero-order chi connectivity index (χ0) is 15.8. The van der Waals surface area contributed by atoms with Gasteiger partial charge in [0.15, 0.2) is 9.84 Å². The van der Waals surface area contributed by atoms with E-state index in [2.05, 4.69) is 21.0 Å². The maximum Gasteiger partial charge on any atom is 0.186 e. The van der Waals surface area contributed by atoms with Gasteiger partial charge in [0.05, 0.1) is 32.2 Å². The molecule has 2 aromatic rings. The summed E-state index contributed by atoms with van der Waals surface area (Å²) in [5.41, 5.74) is 7.36. The highest BCUT2D eigenvalue weighted by Crippen LogP contribution is 2.29. The Labute approximate surface area is 137 Å². The lowest BCUT2D eigenvalue weighted by Crippen LogP contribution is -2.11. The second-order valence-corrected chi connectivity index (χ2v) is 7.81. The average molecular weight is 393 g/mol. The van der Waals surface area contributed by atoms with Crippen LogP contribution in [-0.4, -0.2) is 18.2 Å². The molecular weight excluding hydrogens is 378 g/mol. The summed E-state index contributed by atoms with van der Waals surface area (Å²) >= 11 is 9.28. The molecule has 0 spiro atoms. The minimum absolute atomic E-state index is 0.0427. The van der Waals surface area contributed by atoms with Crippen LogP contribution in [-0.2, 0) is 29.1 Å². The predicted molar refractivity (Wildman–Crippen MR) is 87.0 cm³/mol. The summed E-state index contributed by atoms with van der Waals surface area (Å²) in [4.78, 5) is 0.0427. The van der Waals surface area contributed by atoms with Crippen molar-refractivity contribution in [3.8, 4) is 0 Å². The topological polar surface area (TPSA) is 78.0 Å². The number of nitrogen functional groups attached to an aromatic ring is 1. The van der Waals surface area contributed by atoms with Crippen molar-refractivity contribution in [1.29, 1.82) is 0 Å². The Morgan fingerprint density at radius 2 is 2.10 bits per heavy atom. The molecule has 0 aliphatic heterocycles. The van der Waals surface area contributed by atoms with Crippen molar-refractivity contribution in [3.05, 3.63) is 39.1 Å². The molecule has 0 aliphatic carbocycles. The van der Waals surface area contributed by atoms with Gasteiger partial charge in [-0.3, -0.25) is 4.68 Å². The number of halogens is 2. The van der Waals surface area contributed by atoms with Crippen LogP contribution >= 0.6 is 27.5 Å². The Kier molecular flexibility index (Phi) is 4.65. The zero-order valence-corrected chi connectivity index (χ0v) is 14.8. The second-order valence-electron chi connectivity index (χ2n) is 4.63. The standard InChI is InChI=1S/C13H15BrClN3O2S/c1-3-10-13(14)11(18(2)17-10)7-21(19,20)12-6-8(15)4-5-9(12)16/h4-6H,3,7,16H2,1-2H3. The van der Waals surface area contributed by atoms with Gasteiger partial charge in [-0.15, -0.1) is 0 Å². The molecule has 1 aromatic heterocycles. The Bertz CT molecular complexity index is 787. The maximum absolute atomic E-state index is 12.6. The third kappa shape index (κ3) is 3.25. The van der Waals surface area contributed by atoms with Gasteiger partial charge in [0.25, 0.3) is 0 Å². The Morgan fingerprint density at radius 1 is 1.43 bits per heavy atom. The highest BCUT2D eigenvalue weighted by molar-refractivity contribution is 9.10. The Morgan fingerprint density at radius 3 is 2.67 bits per heavy atom. The number of rotatable bonds is 4. The number of aryl methyl sites for hydroxylation is 2. The summed E-state index contributed by atoms with van der Waals surface area (Å²) in [6.45, 7) is 1.96. The van der Waals surface area contributed by atoms with Gasteiger partial charge in [-0.2, -0.15) is 5.10 Å². The van der Waals surface area contributed by atoms with Crippen LogP contribution in [0.25, 0.3) is 0 Å². The van der Waals surface area contributed by atoms with Crippen LogP contribution in [0.15, 0.2) is 27.6 Å². The van der Waals surface area contributed by atoms with E-state index < -0.39 is 9.84 Å². The molecule has 0 aliphatic rings. The zero-order valence-electron chi connectivity index (χ0n) is 11.6. The fourth-order valence-corrected chi connectivity index (χ4v) is 4.77. The highest BCUT2D eigenvalue weighted by atomic mass is 79.9. The molecule has 21 heavy (non-hydrogen) atoms. The number of benzene rings is 1. The minimum atomic E-state index is -3.61. The van der Waals surface area contributed by atoms with Gasteiger partial charge >= 0.3 is 0 Å². The molecule has 5 nitrogen and oxygen atoms in total. The normalized spacial score (nSPS) is 11.8. The first kappa shape index (κ1) is 16.3. The third-order valence-corrected chi connectivity index (χ3v) is 5.97. The van der Waals surface area contributed by atoms with E-state index in [-0.39, 0.29) is 16.3 Å². The molecule has 0 radical (unpaired) electrons. The summed E-state index contributed by atoms with van der Waals surface area (Å²) in [5.74, 6) is -0.193. The summed E-state index contributed by atoms with van der Waals surface area (Å²) in [6, 6.07) is 4.42. The predicted octanol–water partition coefficient (Wildman–Crippen LogP) is 2.95. The van der Waals surface area contributed by atoms with E-state index in [1.807, 2.05) is 6.92 Å². The van der Waals surface area contributed by atoms with E-state index in [0.717, 1.165) is 10.2 Å². The number of aromatic nitrogens is 2. The van der Waals surface area contributed by atoms with E-state index in [9.17, 15) is 8.42 Å². The van der Waals surface area contributed by atoms with Gasteiger partial charge in [0, 0.05) is 12.1 Å². The average Bonchev–Trinajstić information content (AvgIpc) is 2.68. The number of nitrogens with zero attached hydrogens (tertiary/aromatic N) is 2. The van der Waals surface area contributed by atoms with E-state index in [1.165, 1.54) is 12.1 Å². The molecule has 0 saturated heterocycles. The van der Waals surface area contributed by atoms with Crippen molar-refractivity contribution in [1.82, 2.24) is 9.78 Å². The number of nitrogens with two attached hydrogens (primary N) is 1. The highest BCUT2D eigenvalue weighted by Gasteiger charge is 2.23. The van der Waals surface area contributed by atoms with Crippen molar-refractivity contribution in [2.75, 3.05) is 5.73 Å². The van der Waals surface area contributed by atoms with E-state index in [1.54, 1.807) is 17.8 Å². The number of sulfone groups is 1. The van der Waals surface area contributed by atoms with Crippen molar-refractivity contribution in [3.63, 3.8) is 0 Å². The fourth-order valence-electron chi connectivity index (χ4n) is 2.01. The molecule has 114 valence electrons. The van der Waals surface area contributed by atoms with Crippen LogP contribution < -0.4 is 5.73 Å².